The van der Waals surface area contributed by atoms with Crippen molar-refractivity contribution in [3.63, 3.8) is 0 Å². The van der Waals surface area contributed by atoms with E-state index >= 15 is 0 Å². The zero-order valence-electron chi connectivity index (χ0n) is 13.2. The van der Waals surface area contributed by atoms with Gasteiger partial charge in [0.05, 0.1) is 44.1 Å². The Hall–Kier alpha value is -0.320. The van der Waals surface area contributed by atoms with E-state index in [9.17, 15) is 4.89 Å². The van der Waals surface area contributed by atoms with E-state index in [1.165, 1.54) is 0 Å². The highest BCUT2D eigenvalue weighted by atomic mass is 31.2. The van der Waals surface area contributed by atoms with Crippen LogP contribution in [0.5, 0.6) is 0 Å². The number of rotatable bonds is 11. The van der Waals surface area contributed by atoms with Crippen molar-refractivity contribution in [1.29, 1.82) is 10.5 Å². The van der Waals surface area contributed by atoms with Gasteiger partial charge in [0, 0.05) is 12.1 Å². The van der Waals surface area contributed by atoms with E-state index in [1.54, 1.807) is 0 Å². The molecule has 0 radical (unpaired) electrons. The fourth-order valence-electron chi connectivity index (χ4n) is 1.81. The first-order valence-electron chi connectivity index (χ1n) is 6.96. The third-order valence-corrected chi connectivity index (χ3v) is 6.80. The van der Waals surface area contributed by atoms with Crippen molar-refractivity contribution < 1.29 is 13.9 Å². The molecule has 0 aromatic rings. The Labute approximate surface area is 130 Å². The Bertz CT molecular complexity index is 328. The molecule has 0 aromatic carbocycles. The maximum atomic E-state index is 10.5. The lowest BCUT2D eigenvalue weighted by atomic mass is 10.3. The van der Waals surface area contributed by atoms with Gasteiger partial charge in [0.15, 0.2) is 8.38 Å². The summed E-state index contributed by atoms with van der Waals surface area (Å²) in [6.45, 7) is 8.76. The monoisotopic (exact) mass is 333 g/mol. The van der Waals surface area contributed by atoms with Crippen LogP contribution in [-0.4, -0.2) is 40.8 Å². The highest BCUT2D eigenvalue weighted by molar-refractivity contribution is 7.65. The van der Waals surface area contributed by atoms with Crippen LogP contribution in [0.4, 0.5) is 0 Å². The first-order valence-corrected chi connectivity index (χ1v) is 9.75. The van der Waals surface area contributed by atoms with Gasteiger partial charge in [-0.1, -0.05) is 0 Å². The Morgan fingerprint density at radius 1 is 1.00 bits per heavy atom. The third-order valence-electron chi connectivity index (χ3n) is 2.46. The van der Waals surface area contributed by atoms with Crippen molar-refractivity contribution in [3.8, 4) is 12.1 Å². The minimum absolute atomic E-state index is 0.233. The van der Waals surface area contributed by atoms with E-state index in [-0.39, 0.29) is 12.1 Å². The maximum Gasteiger partial charge on any atom is 0.178 e. The molecule has 0 heterocycles. The van der Waals surface area contributed by atoms with Crippen LogP contribution in [0.25, 0.3) is 0 Å². The fourth-order valence-corrected chi connectivity index (χ4v) is 5.61. The van der Waals surface area contributed by atoms with Gasteiger partial charge in [0.2, 0.25) is 0 Å². The molecule has 1 N–H and O–H groups in total. The molecule has 0 aliphatic rings. The summed E-state index contributed by atoms with van der Waals surface area (Å²) >= 11 is 0. The Morgan fingerprint density at radius 3 is 1.76 bits per heavy atom. The fraction of sp³-hybridized carbons (Fsp3) is 0.846. The number of nitrogens with zero attached hydrogens (tertiary/aromatic N) is 3. The summed E-state index contributed by atoms with van der Waals surface area (Å²) in [7, 11) is -2.63. The molecule has 0 amide bonds. The molecule has 8 heteroatoms. The average Bonchev–Trinajstić information content (AvgIpc) is 2.38. The van der Waals surface area contributed by atoms with Crippen molar-refractivity contribution in [2.45, 2.75) is 52.6 Å². The Morgan fingerprint density at radius 2 is 1.43 bits per heavy atom. The smallest absolute Gasteiger partial charge is 0.178 e. The molecule has 21 heavy (non-hydrogen) atoms. The number of hydrogen-bond donors (Lipinski definition) is 1. The van der Waals surface area contributed by atoms with E-state index in [2.05, 4.69) is 0 Å². The molecule has 120 valence electrons. The topological polar surface area (TPSA) is 89.5 Å². The van der Waals surface area contributed by atoms with Crippen molar-refractivity contribution in [2.24, 2.45) is 0 Å². The maximum absolute atomic E-state index is 10.5. The summed E-state index contributed by atoms with van der Waals surface area (Å²) in [4.78, 5) is 10.5. The molecule has 0 saturated carbocycles. The average molecular weight is 333 g/mol. The van der Waals surface area contributed by atoms with Gasteiger partial charge in [-0.25, -0.2) is 0 Å². The summed E-state index contributed by atoms with van der Waals surface area (Å²) in [5.41, 5.74) is 0. The molecule has 0 spiro atoms. The van der Waals surface area contributed by atoms with Gasteiger partial charge in [-0.15, -0.1) is 0 Å². The van der Waals surface area contributed by atoms with Crippen molar-refractivity contribution >= 4 is 16.7 Å². The molecule has 0 fully saturated rings. The van der Waals surface area contributed by atoms with Crippen molar-refractivity contribution in [2.75, 3.05) is 19.1 Å². The minimum atomic E-state index is -1.36. The van der Waals surface area contributed by atoms with Crippen molar-refractivity contribution in [3.05, 3.63) is 0 Å². The Balaban J connectivity index is 4.53. The molecule has 1 unspecified atom stereocenters. The second-order valence-electron chi connectivity index (χ2n) is 4.90. The normalized spacial score (nSPS) is 12.9. The van der Waals surface area contributed by atoms with E-state index < -0.39 is 16.7 Å². The second kappa shape index (κ2) is 12.2. The van der Waals surface area contributed by atoms with Crippen LogP contribution in [0.3, 0.4) is 0 Å². The third kappa shape index (κ3) is 9.33. The summed E-state index contributed by atoms with van der Waals surface area (Å²) in [5.74, 6) is 0.415. The largest absolute Gasteiger partial charge is 0.359 e. The highest BCUT2D eigenvalue weighted by Gasteiger charge is 2.26. The number of nitriles is 2. The van der Waals surface area contributed by atoms with Crippen LogP contribution in [-0.2, 0) is 9.05 Å². The lowest BCUT2D eigenvalue weighted by Gasteiger charge is -2.35. The van der Waals surface area contributed by atoms with Crippen LogP contribution in [0, 0.1) is 22.7 Å². The SMILES string of the molecule is CC(C)N(C(C)C)P(O)CP(OCCC#N)OCCC#N. The van der Waals surface area contributed by atoms with Gasteiger partial charge in [-0.2, -0.15) is 10.5 Å². The minimum Gasteiger partial charge on any atom is -0.359 e. The van der Waals surface area contributed by atoms with Gasteiger partial charge in [0.1, 0.15) is 8.30 Å². The zero-order valence-corrected chi connectivity index (χ0v) is 15.0. The lowest BCUT2D eigenvalue weighted by Crippen LogP contribution is -2.32. The van der Waals surface area contributed by atoms with Gasteiger partial charge in [-0.05, 0) is 27.7 Å². The predicted molar refractivity (Wildman–Crippen MR) is 85.4 cm³/mol. The molecule has 0 aliphatic heterocycles. The van der Waals surface area contributed by atoms with Crippen LogP contribution in [0.15, 0.2) is 0 Å². The molecule has 0 bridgehead atoms. The van der Waals surface area contributed by atoms with E-state index in [1.807, 2.05) is 44.5 Å². The van der Waals surface area contributed by atoms with E-state index in [0.717, 1.165) is 0 Å². The second-order valence-corrected chi connectivity index (χ2v) is 8.42. The van der Waals surface area contributed by atoms with Crippen LogP contribution < -0.4 is 0 Å². The summed E-state index contributed by atoms with van der Waals surface area (Å²) in [6.07, 6.45) is 0.587. The summed E-state index contributed by atoms with van der Waals surface area (Å²) < 4.78 is 13.1. The van der Waals surface area contributed by atoms with E-state index in [0.29, 0.717) is 32.0 Å². The van der Waals surface area contributed by atoms with E-state index in [4.69, 9.17) is 19.6 Å². The van der Waals surface area contributed by atoms with Crippen LogP contribution in [0.2, 0.25) is 0 Å². The molecule has 0 aliphatic carbocycles. The first kappa shape index (κ1) is 20.7. The summed E-state index contributed by atoms with van der Waals surface area (Å²) in [5, 5.41) is 17.1. The molecule has 6 nitrogen and oxygen atoms in total. The van der Waals surface area contributed by atoms with Gasteiger partial charge in [-0.3, -0.25) is 4.67 Å². The highest BCUT2D eigenvalue weighted by Crippen LogP contribution is 2.53. The standard InChI is InChI=1S/C13H25N3O3P2/c1-12(2)16(13(3)4)20(17)11-21(18-9-5-7-14)19-10-6-8-15/h12-13,17H,5-6,9-11H2,1-4H3. The quantitative estimate of drug-likeness (QED) is 0.459. The molecule has 1 atom stereocenters. The number of hydrogen-bond acceptors (Lipinski definition) is 6. The lowest BCUT2D eigenvalue weighted by molar-refractivity contribution is 0.257. The predicted octanol–water partition coefficient (Wildman–Crippen LogP) is 3.54. The molecular weight excluding hydrogens is 308 g/mol. The summed E-state index contributed by atoms with van der Waals surface area (Å²) in [6, 6.07) is 4.49. The van der Waals surface area contributed by atoms with Gasteiger partial charge >= 0.3 is 0 Å². The van der Waals surface area contributed by atoms with Crippen LogP contribution in [0.1, 0.15) is 40.5 Å². The van der Waals surface area contributed by atoms with Crippen LogP contribution >= 0.6 is 16.7 Å². The van der Waals surface area contributed by atoms with Crippen molar-refractivity contribution in [1.82, 2.24) is 4.67 Å². The first-order chi connectivity index (χ1) is 9.93. The molecule has 0 saturated heterocycles. The molecule has 0 aromatic heterocycles. The Kier molecular flexibility index (Phi) is 12.1. The van der Waals surface area contributed by atoms with Gasteiger partial charge < -0.3 is 13.9 Å². The zero-order chi connectivity index (χ0) is 16.3. The molecular formula is C13H25N3O3P2. The van der Waals surface area contributed by atoms with Gasteiger partial charge in [0.25, 0.3) is 0 Å². The molecule has 0 rings (SSSR count).